The van der Waals surface area contributed by atoms with Crippen LogP contribution in [-0.4, -0.2) is 59.2 Å². The lowest BCUT2D eigenvalue weighted by Gasteiger charge is -2.36. The Kier molecular flexibility index (Phi) is 5.94. The number of fused-ring (bicyclic) bond motifs is 5. The topological polar surface area (TPSA) is 72.4 Å². The minimum atomic E-state index is -0.217. The lowest BCUT2D eigenvalue weighted by atomic mass is 9.90. The van der Waals surface area contributed by atoms with E-state index in [9.17, 15) is 0 Å². The summed E-state index contributed by atoms with van der Waals surface area (Å²) in [5.41, 5.74) is 3.34. The molecule has 0 bridgehead atoms. The Morgan fingerprint density at radius 1 is 1.19 bits per heavy atom. The smallest absolute Gasteiger partial charge is 0.189 e. The van der Waals surface area contributed by atoms with Crippen molar-refractivity contribution in [1.82, 2.24) is 15.0 Å². The van der Waals surface area contributed by atoms with Crippen LogP contribution in [0.1, 0.15) is 45.2 Å². The highest BCUT2D eigenvalue weighted by molar-refractivity contribution is 7.98. The summed E-state index contributed by atoms with van der Waals surface area (Å²) in [5.74, 6) is 1.97. The molecule has 3 aromatic heterocycles. The maximum atomic E-state index is 6.25. The molecule has 0 spiro atoms. The van der Waals surface area contributed by atoms with Crippen molar-refractivity contribution < 1.29 is 9.47 Å². The van der Waals surface area contributed by atoms with Crippen molar-refractivity contribution in [3.8, 4) is 0 Å². The van der Waals surface area contributed by atoms with Gasteiger partial charge >= 0.3 is 0 Å². The highest BCUT2D eigenvalue weighted by atomic mass is 32.2. The van der Waals surface area contributed by atoms with Crippen LogP contribution in [0.3, 0.4) is 0 Å². The van der Waals surface area contributed by atoms with Gasteiger partial charge in [-0.2, -0.15) is 0 Å². The number of hydrogen-bond donors (Lipinski definition) is 1. The zero-order valence-electron chi connectivity index (χ0n) is 19.4. The number of morpholine rings is 1. The van der Waals surface area contributed by atoms with E-state index in [1.807, 2.05) is 6.26 Å². The highest BCUT2D eigenvalue weighted by Crippen LogP contribution is 2.44. The van der Waals surface area contributed by atoms with Gasteiger partial charge in [0.25, 0.3) is 0 Å². The van der Waals surface area contributed by atoms with Crippen LogP contribution >= 0.6 is 23.1 Å². The summed E-state index contributed by atoms with van der Waals surface area (Å²) in [6.07, 6.45) is 3.91. The predicted molar refractivity (Wildman–Crippen MR) is 133 cm³/mol. The lowest BCUT2D eigenvalue weighted by Crippen LogP contribution is -2.39. The molecule has 1 fully saturated rings. The monoisotopic (exact) mass is 473 g/mol. The molecule has 1 N–H and O–H groups in total. The summed E-state index contributed by atoms with van der Waals surface area (Å²) in [6, 6.07) is 0.339. The summed E-state index contributed by atoms with van der Waals surface area (Å²) in [7, 11) is 0. The van der Waals surface area contributed by atoms with Gasteiger partial charge in [-0.1, -0.05) is 18.7 Å². The van der Waals surface area contributed by atoms with E-state index in [4.69, 9.17) is 24.4 Å². The number of nitrogens with one attached hydrogen (secondary N) is 1. The second kappa shape index (κ2) is 8.59. The van der Waals surface area contributed by atoms with Crippen LogP contribution in [0.25, 0.3) is 20.4 Å². The quantitative estimate of drug-likeness (QED) is 0.416. The Morgan fingerprint density at radius 3 is 2.69 bits per heavy atom. The first-order valence-electron chi connectivity index (χ1n) is 11.3. The summed E-state index contributed by atoms with van der Waals surface area (Å²) >= 11 is 3.29. The van der Waals surface area contributed by atoms with E-state index in [2.05, 4.69) is 37.9 Å². The van der Waals surface area contributed by atoms with Gasteiger partial charge in [0, 0.05) is 36.5 Å². The third-order valence-corrected chi connectivity index (χ3v) is 7.96. The minimum absolute atomic E-state index is 0.217. The molecule has 3 aromatic rings. The molecule has 1 atom stereocenters. The van der Waals surface area contributed by atoms with Crippen LogP contribution in [0.15, 0.2) is 5.16 Å². The summed E-state index contributed by atoms with van der Waals surface area (Å²) < 4.78 is 12.9. The van der Waals surface area contributed by atoms with Crippen molar-refractivity contribution >= 4 is 55.2 Å². The molecule has 32 heavy (non-hydrogen) atoms. The van der Waals surface area contributed by atoms with Gasteiger partial charge in [-0.15, -0.1) is 11.3 Å². The van der Waals surface area contributed by atoms with E-state index in [1.54, 1.807) is 23.1 Å². The number of pyridine rings is 1. The fraction of sp³-hybridized carbons (Fsp3) is 0.609. The number of nitrogens with zero attached hydrogens (tertiary/aromatic N) is 4. The maximum Gasteiger partial charge on any atom is 0.189 e. The van der Waals surface area contributed by atoms with Gasteiger partial charge in [0.2, 0.25) is 0 Å². The number of thiophene rings is 1. The molecule has 9 heteroatoms. The van der Waals surface area contributed by atoms with Gasteiger partial charge in [0.1, 0.15) is 16.5 Å². The first-order chi connectivity index (χ1) is 15.4. The van der Waals surface area contributed by atoms with E-state index in [-0.39, 0.29) is 5.60 Å². The molecule has 1 saturated heterocycles. The Balaban J connectivity index is 1.78. The normalized spacial score (nSPS) is 19.3. The standard InChI is InChI=1S/C23H31N5O2S2/c1-6-13(2)24-19-18-17(25-22(26-19)31-5)16-14-11-23(3,4)30-12-15(14)20(27-21(16)32-18)28-7-9-29-10-8-28/h13H,6-12H2,1-5H3,(H,24,25,26)/t13-/m0/s1. The Hall–Kier alpha value is -1.68. The van der Waals surface area contributed by atoms with Crippen molar-refractivity contribution in [3.05, 3.63) is 11.1 Å². The molecule has 2 aliphatic heterocycles. The molecule has 0 radical (unpaired) electrons. The van der Waals surface area contributed by atoms with Gasteiger partial charge in [-0.05, 0) is 39.0 Å². The van der Waals surface area contributed by atoms with Crippen LogP contribution in [0.2, 0.25) is 0 Å². The number of ether oxygens (including phenoxy) is 2. The molecular formula is C23H31N5O2S2. The fourth-order valence-electron chi connectivity index (χ4n) is 4.40. The minimum Gasteiger partial charge on any atom is -0.378 e. The zero-order chi connectivity index (χ0) is 22.5. The molecule has 5 heterocycles. The van der Waals surface area contributed by atoms with Crippen molar-refractivity contribution in [3.63, 3.8) is 0 Å². The molecule has 0 amide bonds. The van der Waals surface area contributed by atoms with E-state index in [0.717, 1.165) is 71.0 Å². The number of thioether (sulfide) groups is 1. The van der Waals surface area contributed by atoms with Crippen LogP contribution < -0.4 is 10.2 Å². The van der Waals surface area contributed by atoms with Crippen LogP contribution in [-0.2, 0) is 22.5 Å². The number of rotatable bonds is 5. The van der Waals surface area contributed by atoms with E-state index < -0.39 is 0 Å². The third kappa shape index (κ3) is 3.93. The number of aromatic nitrogens is 3. The average molecular weight is 474 g/mol. The molecule has 0 unspecified atom stereocenters. The maximum absolute atomic E-state index is 6.25. The Morgan fingerprint density at radius 2 is 1.97 bits per heavy atom. The van der Waals surface area contributed by atoms with Crippen molar-refractivity contribution in [2.45, 2.75) is 63.9 Å². The van der Waals surface area contributed by atoms with Crippen molar-refractivity contribution in [2.75, 3.05) is 42.8 Å². The molecule has 7 nitrogen and oxygen atoms in total. The lowest BCUT2D eigenvalue weighted by molar-refractivity contribution is -0.0396. The molecule has 5 rings (SSSR count). The molecular weight excluding hydrogens is 442 g/mol. The molecule has 0 aromatic carbocycles. The number of hydrogen-bond acceptors (Lipinski definition) is 9. The van der Waals surface area contributed by atoms with Crippen molar-refractivity contribution in [2.24, 2.45) is 0 Å². The van der Waals surface area contributed by atoms with E-state index in [0.29, 0.717) is 12.6 Å². The molecule has 2 aliphatic rings. The van der Waals surface area contributed by atoms with E-state index in [1.165, 1.54) is 16.5 Å². The van der Waals surface area contributed by atoms with Gasteiger partial charge < -0.3 is 19.7 Å². The van der Waals surface area contributed by atoms with Crippen LogP contribution in [0.4, 0.5) is 11.6 Å². The largest absolute Gasteiger partial charge is 0.378 e. The molecule has 0 saturated carbocycles. The first kappa shape index (κ1) is 22.1. The van der Waals surface area contributed by atoms with Crippen LogP contribution in [0.5, 0.6) is 0 Å². The Bertz CT molecular complexity index is 1160. The van der Waals surface area contributed by atoms with E-state index >= 15 is 0 Å². The second-order valence-corrected chi connectivity index (χ2v) is 11.0. The van der Waals surface area contributed by atoms with Gasteiger partial charge in [0.05, 0.1) is 35.6 Å². The Labute approximate surface area is 197 Å². The summed E-state index contributed by atoms with van der Waals surface area (Å²) in [6.45, 7) is 12.5. The predicted octanol–water partition coefficient (Wildman–Crippen LogP) is 4.86. The fourth-order valence-corrected chi connectivity index (χ4v) is 5.86. The average Bonchev–Trinajstić information content (AvgIpc) is 3.17. The second-order valence-electron chi connectivity index (χ2n) is 9.19. The van der Waals surface area contributed by atoms with Gasteiger partial charge in [-0.25, -0.2) is 15.0 Å². The first-order valence-corrected chi connectivity index (χ1v) is 13.4. The summed E-state index contributed by atoms with van der Waals surface area (Å²) in [5, 5.41) is 5.58. The highest BCUT2D eigenvalue weighted by Gasteiger charge is 2.33. The van der Waals surface area contributed by atoms with Gasteiger partial charge in [0.15, 0.2) is 5.16 Å². The SMILES string of the molecule is CC[C@H](C)Nc1nc(SC)nc2c1sc1nc(N3CCOCC3)c3c(c12)CC(C)(C)OC3. The molecule has 172 valence electrons. The zero-order valence-corrected chi connectivity index (χ0v) is 21.1. The van der Waals surface area contributed by atoms with Gasteiger partial charge in [-0.3, -0.25) is 0 Å². The van der Waals surface area contributed by atoms with Crippen molar-refractivity contribution in [1.29, 1.82) is 0 Å². The summed E-state index contributed by atoms with van der Waals surface area (Å²) in [4.78, 5) is 18.4. The molecule has 0 aliphatic carbocycles. The third-order valence-electron chi connectivity index (χ3n) is 6.34. The number of anilines is 2. The van der Waals surface area contributed by atoms with Crippen LogP contribution in [0, 0.1) is 0 Å².